The average molecular weight is 345 g/mol. The van der Waals surface area contributed by atoms with Gasteiger partial charge in [-0.2, -0.15) is 0 Å². The van der Waals surface area contributed by atoms with Gasteiger partial charge in [0.25, 0.3) is 0 Å². The van der Waals surface area contributed by atoms with Crippen LogP contribution in [-0.4, -0.2) is 32.0 Å². The number of methoxy groups -OCH3 is 1. The van der Waals surface area contributed by atoms with E-state index >= 15 is 0 Å². The lowest BCUT2D eigenvalue weighted by Crippen LogP contribution is -2.35. The van der Waals surface area contributed by atoms with Crippen LogP contribution >= 0.6 is 0 Å². The van der Waals surface area contributed by atoms with Crippen LogP contribution in [0.25, 0.3) is 0 Å². The van der Waals surface area contributed by atoms with Crippen LogP contribution in [0.15, 0.2) is 48.5 Å². The van der Waals surface area contributed by atoms with Gasteiger partial charge in [-0.15, -0.1) is 0 Å². The molecule has 0 heterocycles. The zero-order chi connectivity index (χ0) is 18.2. The Morgan fingerprint density at radius 3 is 2.52 bits per heavy atom. The van der Waals surface area contributed by atoms with Crippen LogP contribution in [-0.2, 0) is 9.59 Å². The lowest BCUT2D eigenvalue weighted by molar-refractivity contribution is -0.118. The Kier molecular flexibility index (Phi) is 6.33. The Bertz CT molecular complexity index is 735. The van der Waals surface area contributed by atoms with E-state index in [0.29, 0.717) is 11.4 Å². The average Bonchev–Trinajstić information content (AvgIpc) is 2.58. The van der Waals surface area contributed by atoms with Crippen LogP contribution in [0.4, 0.5) is 15.8 Å². The molecule has 0 aliphatic rings. The van der Waals surface area contributed by atoms with Crippen molar-refractivity contribution in [3.8, 4) is 5.75 Å². The number of carbonyl (C=O) groups excluding carboxylic acids is 2. The second-order valence-corrected chi connectivity index (χ2v) is 5.39. The number of primary amides is 1. The summed E-state index contributed by atoms with van der Waals surface area (Å²) in [6.45, 7) is 0.286. The molecule has 2 amide bonds. The molecule has 2 aromatic rings. The SMILES string of the molecule is COc1ccc(N(CCC(N)=O)CC(=O)Nc2cccc(F)c2)cc1. The quantitative estimate of drug-likeness (QED) is 0.768. The molecular weight excluding hydrogens is 325 g/mol. The van der Waals surface area contributed by atoms with Gasteiger partial charge in [-0.05, 0) is 42.5 Å². The summed E-state index contributed by atoms with van der Waals surface area (Å²) in [6.07, 6.45) is 0.110. The smallest absolute Gasteiger partial charge is 0.243 e. The molecule has 0 radical (unpaired) electrons. The monoisotopic (exact) mass is 345 g/mol. The van der Waals surface area contributed by atoms with Gasteiger partial charge < -0.3 is 20.7 Å². The van der Waals surface area contributed by atoms with E-state index in [9.17, 15) is 14.0 Å². The summed E-state index contributed by atoms with van der Waals surface area (Å²) in [5.74, 6) is -0.531. The zero-order valence-corrected chi connectivity index (χ0v) is 13.9. The first-order valence-corrected chi connectivity index (χ1v) is 7.70. The van der Waals surface area contributed by atoms with Gasteiger partial charge in [-0.25, -0.2) is 4.39 Å². The standard InChI is InChI=1S/C18H20FN3O3/c1-25-16-7-5-15(6-8-16)22(10-9-17(20)23)12-18(24)21-14-4-2-3-13(19)11-14/h2-8,11H,9-10,12H2,1H3,(H2,20,23)(H,21,24). The van der Waals surface area contributed by atoms with Gasteiger partial charge >= 0.3 is 0 Å². The molecule has 25 heavy (non-hydrogen) atoms. The number of hydrogen-bond acceptors (Lipinski definition) is 4. The number of nitrogens with zero attached hydrogens (tertiary/aromatic N) is 1. The first kappa shape index (κ1) is 18.3. The number of amides is 2. The molecule has 0 spiro atoms. The van der Waals surface area contributed by atoms with Gasteiger partial charge in [0.1, 0.15) is 11.6 Å². The maximum Gasteiger partial charge on any atom is 0.243 e. The van der Waals surface area contributed by atoms with Crippen molar-refractivity contribution in [3.63, 3.8) is 0 Å². The Hall–Kier alpha value is -3.09. The second kappa shape index (κ2) is 8.68. The highest BCUT2D eigenvalue weighted by atomic mass is 19.1. The van der Waals surface area contributed by atoms with Crippen LogP contribution in [0.2, 0.25) is 0 Å². The largest absolute Gasteiger partial charge is 0.497 e. The molecule has 3 N–H and O–H groups in total. The molecule has 0 fully saturated rings. The number of hydrogen-bond donors (Lipinski definition) is 2. The van der Waals surface area contributed by atoms with Crippen LogP contribution in [0.3, 0.4) is 0 Å². The first-order chi connectivity index (χ1) is 12.0. The number of rotatable bonds is 8. The molecule has 2 rings (SSSR count). The normalized spacial score (nSPS) is 10.2. The van der Waals surface area contributed by atoms with Crippen LogP contribution in [0.1, 0.15) is 6.42 Å². The van der Waals surface area contributed by atoms with Gasteiger partial charge in [0, 0.05) is 24.3 Å². The Morgan fingerprint density at radius 1 is 1.20 bits per heavy atom. The molecule has 2 aromatic carbocycles. The highest BCUT2D eigenvalue weighted by molar-refractivity contribution is 5.94. The summed E-state index contributed by atoms with van der Waals surface area (Å²) in [4.78, 5) is 25.1. The van der Waals surface area contributed by atoms with Gasteiger partial charge in [0.05, 0.1) is 13.7 Å². The van der Waals surface area contributed by atoms with E-state index in [4.69, 9.17) is 10.5 Å². The predicted octanol–water partition coefficient (Wildman–Crippen LogP) is 2.15. The summed E-state index contributed by atoms with van der Waals surface area (Å²) < 4.78 is 18.3. The minimum atomic E-state index is -0.455. The van der Waals surface area contributed by atoms with Crippen molar-refractivity contribution in [2.75, 3.05) is 30.4 Å². The van der Waals surface area contributed by atoms with Crippen LogP contribution < -0.4 is 20.7 Å². The Balaban J connectivity index is 2.08. The van der Waals surface area contributed by atoms with Gasteiger partial charge in [0.2, 0.25) is 11.8 Å². The Labute approximate surface area is 145 Å². The maximum absolute atomic E-state index is 13.2. The number of anilines is 2. The molecule has 0 unspecified atom stereocenters. The number of ether oxygens (including phenoxy) is 1. The van der Waals surface area contributed by atoms with Crippen molar-refractivity contribution >= 4 is 23.2 Å². The van der Waals surface area contributed by atoms with E-state index in [1.165, 1.54) is 18.2 Å². The number of nitrogens with one attached hydrogen (secondary N) is 1. The van der Waals surface area contributed by atoms with Crippen molar-refractivity contribution in [2.45, 2.75) is 6.42 Å². The van der Waals surface area contributed by atoms with Crippen molar-refractivity contribution < 1.29 is 18.7 Å². The van der Waals surface area contributed by atoms with Crippen molar-refractivity contribution in [1.82, 2.24) is 0 Å². The third kappa shape index (κ3) is 5.80. The molecule has 0 aliphatic carbocycles. The molecule has 132 valence electrons. The molecule has 0 saturated heterocycles. The van der Waals surface area contributed by atoms with E-state index in [1.54, 1.807) is 42.3 Å². The minimum absolute atomic E-state index is 0.00385. The summed E-state index contributed by atoms with van der Waals surface area (Å²) in [6, 6.07) is 12.7. The summed E-state index contributed by atoms with van der Waals surface area (Å²) in [7, 11) is 1.56. The molecular formula is C18H20FN3O3. The van der Waals surface area contributed by atoms with Gasteiger partial charge in [-0.3, -0.25) is 9.59 Å². The van der Waals surface area contributed by atoms with E-state index in [0.717, 1.165) is 5.69 Å². The van der Waals surface area contributed by atoms with E-state index in [1.807, 2.05) is 0 Å². The summed E-state index contributed by atoms with van der Waals surface area (Å²) >= 11 is 0. The minimum Gasteiger partial charge on any atom is -0.497 e. The predicted molar refractivity (Wildman–Crippen MR) is 94.0 cm³/mol. The number of nitrogens with two attached hydrogens (primary N) is 1. The van der Waals surface area contributed by atoms with E-state index in [2.05, 4.69) is 5.32 Å². The lowest BCUT2D eigenvalue weighted by atomic mass is 10.2. The van der Waals surface area contributed by atoms with Crippen molar-refractivity contribution in [2.24, 2.45) is 5.73 Å². The lowest BCUT2D eigenvalue weighted by Gasteiger charge is -2.24. The molecule has 0 bridgehead atoms. The fourth-order valence-corrected chi connectivity index (χ4v) is 2.28. The summed E-state index contributed by atoms with van der Waals surface area (Å²) in [5.41, 5.74) is 6.32. The van der Waals surface area contributed by atoms with Crippen LogP contribution in [0.5, 0.6) is 5.75 Å². The van der Waals surface area contributed by atoms with Crippen LogP contribution in [0, 0.1) is 5.82 Å². The number of halogens is 1. The fourth-order valence-electron chi connectivity index (χ4n) is 2.28. The van der Waals surface area contributed by atoms with E-state index < -0.39 is 11.7 Å². The Morgan fingerprint density at radius 2 is 1.92 bits per heavy atom. The number of carbonyl (C=O) groups is 2. The summed E-state index contributed by atoms with van der Waals surface area (Å²) in [5, 5.41) is 2.63. The molecule has 0 aromatic heterocycles. The highest BCUT2D eigenvalue weighted by Crippen LogP contribution is 2.19. The first-order valence-electron chi connectivity index (χ1n) is 7.70. The highest BCUT2D eigenvalue weighted by Gasteiger charge is 2.13. The van der Waals surface area contributed by atoms with Crippen molar-refractivity contribution in [3.05, 3.63) is 54.3 Å². The molecule has 0 saturated carbocycles. The van der Waals surface area contributed by atoms with E-state index in [-0.39, 0.29) is 25.4 Å². The molecule has 7 heteroatoms. The molecule has 6 nitrogen and oxygen atoms in total. The maximum atomic E-state index is 13.2. The third-order valence-corrected chi connectivity index (χ3v) is 3.51. The third-order valence-electron chi connectivity index (χ3n) is 3.51. The fraction of sp³-hybridized carbons (Fsp3) is 0.222. The van der Waals surface area contributed by atoms with Gasteiger partial charge in [0.15, 0.2) is 0 Å². The van der Waals surface area contributed by atoms with Crippen molar-refractivity contribution in [1.29, 1.82) is 0 Å². The number of benzene rings is 2. The molecule has 0 atom stereocenters. The molecule has 0 aliphatic heterocycles. The second-order valence-electron chi connectivity index (χ2n) is 5.39. The zero-order valence-electron chi connectivity index (χ0n) is 13.9. The van der Waals surface area contributed by atoms with Gasteiger partial charge in [-0.1, -0.05) is 6.07 Å². The topological polar surface area (TPSA) is 84.7 Å².